The van der Waals surface area contributed by atoms with Crippen LogP contribution in [0.3, 0.4) is 0 Å². The molecule has 0 unspecified atom stereocenters. The Morgan fingerprint density at radius 2 is 1.89 bits per heavy atom. The number of benzene rings is 1. The van der Waals surface area contributed by atoms with Crippen molar-refractivity contribution in [3.05, 3.63) is 88.0 Å². The summed E-state index contributed by atoms with van der Waals surface area (Å²) in [5.41, 5.74) is 5.05. The van der Waals surface area contributed by atoms with Crippen LogP contribution in [0.2, 0.25) is 0 Å². The predicted octanol–water partition coefficient (Wildman–Crippen LogP) is 4.19. The fourth-order valence-corrected chi connectivity index (χ4v) is 4.25. The van der Waals surface area contributed by atoms with Gasteiger partial charge in [-0.3, -0.25) is 4.79 Å². The first-order valence-corrected chi connectivity index (χ1v) is 9.78. The van der Waals surface area contributed by atoms with E-state index in [0.717, 1.165) is 28.3 Å². The lowest BCUT2D eigenvalue weighted by atomic mass is 10.2. The highest BCUT2D eigenvalue weighted by molar-refractivity contribution is 7.08. The Labute approximate surface area is 161 Å². The second kappa shape index (κ2) is 6.25. The summed E-state index contributed by atoms with van der Waals surface area (Å²) in [6, 6.07) is 14.1. The van der Waals surface area contributed by atoms with Crippen molar-refractivity contribution in [3.63, 3.8) is 0 Å². The molecule has 0 saturated carbocycles. The van der Waals surface area contributed by atoms with Crippen molar-refractivity contribution in [1.29, 1.82) is 0 Å². The molecule has 4 aromatic rings. The number of nitrogens with zero attached hydrogens (tertiary/aromatic N) is 4. The van der Waals surface area contributed by atoms with Gasteiger partial charge in [-0.25, -0.2) is 4.68 Å². The van der Waals surface area contributed by atoms with Crippen molar-refractivity contribution in [3.8, 4) is 11.5 Å². The summed E-state index contributed by atoms with van der Waals surface area (Å²) < 4.78 is 4.09. The van der Waals surface area contributed by atoms with E-state index in [1.807, 2.05) is 63.1 Å². The summed E-state index contributed by atoms with van der Waals surface area (Å²) in [4.78, 5) is 14.6. The van der Waals surface area contributed by atoms with Gasteiger partial charge in [-0.2, -0.15) is 16.4 Å². The quantitative estimate of drug-likeness (QED) is 0.540. The summed E-state index contributed by atoms with van der Waals surface area (Å²) >= 11 is 1.54. The Kier molecular flexibility index (Phi) is 3.72. The van der Waals surface area contributed by atoms with Crippen LogP contribution in [0.15, 0.2) is 65.6 Å². The number of carbonyl (C=O) groups excluding carboxylic acids is 1. The lowest BCUT2D eigenvalue weighted by molar-refractivity contribution is 0.0750. The minimum atomic E-state index is 0.0650. The van der Waals surface area contributed by atoms with Gasteiger partial charge in [-0.05, 0) is 42.1 Å². The second-order valence-electron chi connectivity index (χ2n) is 6.71. The molecule has 134 valence electrons. The first-order valence-electron chi connectivity index (χ1n) is 8.84. The van der Waals surface area contributed by atoms with Crippen LogP contribution in [0.4, 0.5) is 0 Å². The molecule has 1 aliphatic rings. The van der Waals surface area contributed by atoms with E-state index < -0.39 is 0 Å². The number of fused-ring (bicyclic) bond motifs is 1. The first kappa shape index (κ1) is 16.1. The van der Waals surface area contributed by atoms with Crippen LogP contribution in [-0.2, 0) is 13.1 Å². The highest BCUT2D eigenvalue weighted by Gasteiger charge is 2.32. The third-order valence-electron chi connectivity index (χ3n) is 4.98. The molecule has 0 aliphatic carbocycles. The minimum Gasteiger partial charge on any atom is -0.328 e. The molecule has 0 radical (unpaired) electrons. The Balaban J connectivity index is 1.60. The third-order valence-corrected chi connectivity index (χ3v) is 5.66. The van der Waals surface area contributed by atoms with Gasteiger partial charge in [0, 0.05) is 23.3 Å². The molecule has 5 rings (SSSR count). The van der Waals surface area contributed by atoms with Crippen molar-refractivity contribution in [2.24, 2.45) is 0 Å². The Hall–Kier alpha value is -3.12. The van der Waals surface area contributed by atoms with E-state index in [0.29, 0.717) is 13.1 Å². The number of rotatable bonds is 3. The summed E-state index contributed by atoms with van der Waals surface area (Å²) in [6.45, 7) is 3.20. The summed E-state index contributed by atoms with van der Waals surface area (Å²) in [6.07, 6.45) is 4.05. The van der Waals surface area contributed by atoms with E-state index in [-0.39, 0.29) is 5.91 Å². The maximum atomic E-state index is 12.8. The molecular weight excluding hydrogens is 356 g/mol. The lowest BCUT2D eigenvalue weighted by Gasteiger charge is -2.17. The average molecular weight is 374 g/mol. The van der Waals surface area contributed by atoms with Crippen molar-refractivity contribution in [1.82, 2.24) is 19.2 Å². The van der Waals surface area contributed by atoms with Crippen LogP contribution in [0.5, 0.6) is 0 Å². The number of hydrogen-bond acceptors (Lipinski definition) is 3. The van der Waals surface area contributed by atoms with E-state index in [4.69, 9.17) is 5.10 Å². The number of para-hydroxylation sites is 1. The third kappa shape index (κ3) is 2.61. The molecule has 27 heavy (non-hydrogen) atoms. The van der Waals surface area contributed by atoms with Gasteiger partial charge in [0.1, 0.15) is 5.82 Å². The van der Waals surface area contributed by atoms with E-state index in [1.54, 1.807) is 11.3 Å². The van der Waals surface area contributed by atoms with Gasteiger partial charge < -0.3 is 9.47 Å². The fraction of sp³-hybridized carbons (Fsp3) is 0.143. The first-order chi connectivity index (χ1) is 13.2. The van der Waals surface area contributed by atoms with Gasteiger partial charge in [0.15, 0.2) is 0 Å². The molecule has 4 heterocycles. The average Bonchev–Trinajstić information content (AvgIpc) is 3.43. The molecule has 0 atom stereocenters. The lowest BCUT2D eigenvalue weighted by Crippen LogP contribution is -2.26. The molecule has 3 aromatic heterocycles. The van der Waals surface area contributed by atoms with Crippen molar-refractivity contribution in [2.75, 3.05) is 0 Å². The Morgan fingerprint density at radius 3 is 2.63 bits per heavy atom. The standard InChI is InChI=1S/C21H18N4OS/c1-15-6-2-3-7-19(15)25-20(23-9-4-5-10-23)17-12-24(13-18(17)22-25)21(26)16-8-11-27-14-16/h2-11,14H,12-13H2,1H3. The maximum Gasteiger partial charge on any atom is 0.255 e. The molecule has 0 fully saturated rings. The number of carbonyl (C=O) groups is 1. The van der Waals surface area contributed by atoms with Gasteiger partial charge in [-0.15, -0.1) is 0 Å². The zero-order valence-electron chi connectivity index (χ0n) is 14.9. The predicted molar refractivity (Wildman–Crippen MR) is 106 cm³/mol. The van der Waals surface area contributed by atoms with Gasteiger partial charge in [0.2, 0.25) is 0 Å². The largest absolute Gasteiger partial charge is 0.328 e. The highest BCUT2D eigenvalue weighted by Crippen LogP contribution is 2.32. The van der Waals surface area contributed by atoms with Crippen LogP contribution >= 0.6 is 11.3 Å². The minimum absolute atomic E-state index is 0.0650. The molecule has 0 saturated heterocycles. The SMILES string of the molecule is Cc1ccccc1-n1nc2c(c1-n1cccc1)CN(C(=O)c1ccsc1)C2. The summed E-state index contributed by atoms with van der Waals surface area (Å²) in [5.74, 6) is 1.07. The zero-order chi connectivity index (χ0) is 18.4. The van der Waals surface area contributed by atoms with Crippen LogP contribution in [0, 0.1) is 6.92 Å². The molecule has 1 aromatic carbocycles. The Morgan fingerprint density at radius 1 is 1.07 bits per heavy atom. The van der Waals surface area contributed by atoms with Gasteiger partial charge in [-0.1, -0.05) is 18.2 Å². The van der Waals surface area contributed by atoms with Gasteiger partial charge in [0.05, 0.1) is 30.0 Å². The Bertz CT molecular complexity index is 1110. The smallest absolute Gasteiger partial charge is 0.255 e. The van der Waals surface area contributed by atoms with Gasteiger partial charge >= 0.3 is 0 Å². The molecular formula is C21H18N4OS. The molecule has 5 nitrogen and oxygen atoms in total. The van der Waals surface area contributed by atoms with Gasteiger partial charge in [0.25, 0.3) is 5.91 Å². The fourth-order valence-electron chi connectivity index (χ4n) is 3.62. The van der Waals surface area contributed by atoms with Crippen molar-refractivity contribution < 1.29 is 4.79 Å². The number of thiophene rings is 1. The highest BCUT2D eigenvalue weighted by atomic mass is 32.1. The summed E-state index contributed by atoms with van der Waals surface area (Å²) in [7, 11) is 0. The molecule has 1 aliphatic heterocycles. The number of aromatic nitrogens is 3. The molecule has 0 bridgehead atoms. The number of amides is 1. The van der Waals surface area contributed by atoms with E-state index in [2.05, 4.69) is 23.6 Å². The van der Waals surface area contributed by atoms with Crippen LogP contribution in [0.25, 0.3) is 11.5 Å². The van der Waals surface area contributed by atoms with E-state index in [1.165, 1.54) is 5.56 Å². The van der Waals surface area contributed by atoms with Crippen LogP contribution < -0.4 is 0 Å². The van der Waals surface area contributed by atoms with Crippen molar-refractivity contribution >= 4 is 17.2 Å². The van der Waals surface area contributed by atoms with E-state index in [9.17, 15) is 4.79 Å². The molecule has 0 spiro atoms. The maximum absolute atomic E-state index is 12.8. The zero-order valence-corrected chi connectivity index (χ0v) is 15.7. The van der Waals surface area contributed by atoms with Crippen LogP contribution in [0.1, 0.15) is 27.2 Å². The van der Waals surface area contributed by atoms with E-state index >= 15 is 0 Å². The van der Waals surface area contributed by atoms with Crippen molar-refractivity contribution in [2.45, 2.75) is 20.0 Å². The normalized spacial score (nSPS) is 13.1. The monoisotopic (exact) mass is 374 g/mol. The molecule has 1 amide bonds. The number of hydrogen-bond donors (Lipinski definition) is 0. The second-order valence-corrected chi connectivity index (χ2v) is 7.49. The molecule has 6 heteroatoms. The molecule has 0 N–H and O–H groups in total. The number of aryl methyl sites for hydroxylation is 1. The summed E-state index contributed by atoms with van der Waals surface area (Å²) in [5, 5.41) is 8.73. The topological polar surface area (TPSA) is 43.1 Å². The van der Waals surface area contributed by atoms with Crippen LogP contribution in [-0.4, -0.2) is 25.2 Å².